The van der Waals surface area contributed by atoms with Gasteiger partial charge in [0.2, 0.25) is 0 Å². The van der Waals surface area contributed by atoms with E-state index in [2.05, 4.69) is 69.1 Å². The van der Waals surface area contributed by atoms with Gasteiger partial charge in [0.25, 0.3) is 0 Å². The van der Waals surface area contributed by atoms with E-state index in [1.165, 1.54) is 5.56 Å². The maximum atomic E-state index is 11.3. The van der Waals surface area contributed by atoms with Crippen LogP contribution >= 0.6 is 0 Å². The predicted octanol–water partition coefficient (Wildman–Crippen LogP) is 4.90. The second kappa shape index (κ2) is 7.68. The van der Waals surface area contributed by atoms with Gasteiger partial charge in [-0.3, -0.25) is 9.69 Å². The average molecular weight is 390 g/mol. The zero-order valence-electron chi connectivity index (χ0n) is 17.4. The fourth-order valence-corrected chi connectivity index (χ4v) is 5.89. The number of hydrogen-bond acceptors (Lipinski definition) is 3. The number of carboxylic acids is 1. The van der Waals surface area contributed by atoms with Crippen LogP contribution in [0, 0.1) is 5.92 Å². The summed E-state index contributed by atoms with van der Waals surface area (Å²) in [5.74, 6) is -0.393. The Morgan fingerprint density at radius 3 is 2.44 bits per heavy atom. The van der Waals surface area contributed by atoms with Crippen molar-refractivity contribution >= 4 is 14.3 Å². The van der Waals surface area contributed by atoms with Crippen LogP contribution in [0.1, 0.15) is 52.0 Å². The third kappa shape index (κ3) is 4.64. The predicted molar refractivity (Wildman–Crippen MR) is 111 cm³/mol. The molecule has 5 heteroatoms. The standard InChI is InChI=1S/C22H35NO3Si/c1-22(2,3)27(4,5)26-20-14-18-11-17(13-21(24)25)12-19(20)23(18)15-16-9-7-6-8-10-16/h6-10,17-20H,11-15H2,1-5H3,(H,24,25). The number of hydrogen-bond donors (Lipinski definition) is 1. The van der Waals surface area contributed by atoms with Gasteiger partial charge in [-0.05, 0) is 48.9 Å². The van der Waals surface area contributed by atoms with Gasteiger partial charge in [-0.15, -0.1) is 0 Å². The molecule has 1 aromatic rings. The third-order valence-corrected chi connectivity index (χ3v) is 11.4. The van der Waals surface area contributed by atoms with Crippen LogP contribution in [-0.2, 0) is 15.8 Å². The highest BCUT2D eigenvalue weighted by atomic mass is 28.4. The van der Waals surface area contributed by atoms with Crippen molar-refractivity contribution in [2.24, 2.45) is 5.92 Å². The molecule has 0 aliphatic carbocycles. The summed E-state index contributed by atoms with van der Waals surface area (Å²) in [6, 6.07) is 11.4. The number of rotatable bonds is 6. The Balaban J connectivity index is 1.79. The second-order valence-corrected chi connectivity index (χ2v) is 14.7. The lowest BCUT2D eigenvalue weighted by Crippen LogP contribution is -2.49. The first kappa shape index (κ1) is 20.6. The zero-order valence-corrected chi connectivity index (χ0v) is 18.4. The Morgan fingerprint density at radius 2 is 1.85 bits per heavy atom. The molecule has 2 aliphatic rings. The molecule has 4 unspecified atom stereocenters. The maximum absolute atomic E-state index is 11.3. The van der Waals surface area contributed by atoms with Crippen molar-refractivity contribution in [2.45, 2.75) is 89.3 Å². The minimum absolute atomic E-state index is 0.189. The second-order valence-electron chi connectivity index (χ2n) is 9.97. The van der Waals surface area contributed by atoms with Crippen LogP contribution in [0.5, 0.6) is 0 Å². The Morgan fingerprint density at radius 1 is 1.19 bits per heavy atom. The number of carbonyl (C=O) groups is 1. The number of fused-ring (bicyclic) bond motifs is 2. The molecule has 150 valence electrons. The molecule has 3 rings (SSSR count). The summed E-state index contributed by atoms with van der Waals surface area (Å²) in [5.41, 5.74) is 1.33. The van der Waals surface area contributed by atoms with E-state index >= 15 is 0 Å². The van der Waals surface area contributed by atoms with Gasteiger partial charge < -0.3 is 9.53 Å². The van der Waals surface area contributed by atoms with Crippen molar-refractivity contribution < 1.29 is 14.3 Å². The van der Waals surface area contributed by atoms with Gasteiger partial charge in [0, 0.05) is 25.0 Å². The summed E-state index contributed by atoms with van der Waals surface area (Å²) >= 11 is 0. The van der Waals surface area contributed by atoms with Crippen molar-refractivity contribution in [1.29, 1.82) is 0 Å². The van der Waals surface area contributed by atoms with E-state index in [-0.39, 0.29) is 17.1 Å². The molecule has 0 amide bonds. The van der Waals surface area contributed by atoms with E-state index in [1.807, 2.05) is 0 Å². The molecule has 27 heavy (non-hydrogen) atoms. The summed E-state index contributed by atoms with van der Waals surface area (Å²) in [6.45, 7) is 12.4. The molecular weight excluding hydrogens is 354 g/mol. The van der Waals surface area contributed by atoms with Crippen molar-refractivity contribution in [3.63, 3.8) is 0 Å². The number of carboxylic acid groups (broad SMARTS) is 1. The van der Waals surface area contributed by atoms with E-state index in [9.17, 15) is 9.90 Å². The lowest BCUT2D eigenvalue weighted by Gasteiger charge is -2.42. The largest absolute Gasteiger partial charge is 0.481 e. The Bertz CT molecular complexity index is 655. The van der Waals surface area contributed by atoms with Crippen LogP contribution in [0.25, 0.3) is 0 Å². The fraction of sp³-hybridized carbons (Fsp3) is 0.682. The lowest BCUT2D eigenvalue weighted by molar-refractivity contribution is -0.138. The molecule has 0 radical (unpaired) electrons. The molecule has 4 nitrogen and oxygen atoms in total. The van der Waals surface area contributed by atoms with Gasteiger partial charge in [0.05, 0.1) is 6.10 Å². The normalized spacial score (nSPS) is 29.1. The molecular formula is C22H35NO3Si. The third-order valence-electron chi connectivity index (χ3n) is 6.93. The smallest absolute Gasteiger partial charge is 0.303 e. The number of benzene rings is 1. The maximum Gasteiger partial charge on any atom is 0.303 e. The van der Waals surface area contributed by atoms with E-state index in [0.29, 0.717) is 18.5 Å². The van der Waals surface area contributed by atoms with Crippen LogP contribution in [0.3, 0.4) is 0 Å². The highest BCUT2D eigenvalue weighted by Crippen LogP contribution is 2.45. The number of aliphatic carboxylic acids is 1. The summed E-state index contributed by atoms with van der Waals surface area (Å²) in [4.78, 5) is 13.9. The average Bonchev–Trinajstić information content (AvgIpc) is 2.73. The van der Waals surface area contributed by atoms with Gasteiger partial charge in [-0.2, -0.15) is 0 Å². The summed E-state index contributed by atoms with van der Waals surface area (Å²) in [7, 11) is -1.85. The summed E-state index contributed by atoms with van der Waals surface area (Å²) in [5, 5.41) is 9.47. The molecule has 0 aromatic heterocycles. The SMILES string of the molecule is CC(C)(C)[Si](C)(C)OC1CC2CC(CC(=O)O)CC1N2Cc1ccccc1. The summed E-state index contributed by atoms with van der Waals surface area (Å²) < 4.78 is 6.85. The Hall–Kier alpha value is -1.17. The molecule has 0 saturated carbocycles. The fourth-order valence-electron chi connectivity index (χ4n) is 4.52. The van der Waals surface area contributed by atoms with Crippen molar-refractivity contribution in [1.82, 2.24) is 4.90 Å². The van der Waals surface area contributed by atoms with Crippen molar-refractivity contribution in [3.8, 4) is 0 Å². The van der Waals surface area contributed by atoms with Crippen molar-refractivity contribution in [2.75, 3.05) is 0 Å². The molecule has 1 aromatic carbocycles. The number of nitrogens with zero attached hydrogens (tertiary/aromatic N) is 1. The molecule has 0 spiro atoms. The van der Waals surface area contributed by atoms with Gasteiger partial charge in [-0.1, -0.05) is 51.1 Å². The van der Waals surface area contributed by atoms with E-state index in [1.54, 1.807) is 0 Å². The molecule has 2 bridgehead atoms. The minimum Gasteiger partial charge on any atom is -0.481 e. The van der Waals surface area contributed by atoms with Gasteiger partial charge >= 0.3 is 5.97 Å². The van der Waals surface area contributed by atoms with Crippen LogP contribution < -0.4 is 0 Å². The zero-order chi connectivity index (χ0) is 19.8. The van der Waals surface area contributed by atoms with E-state index in [0.717, 1.165) is 25.8 Å². The molecule has 2 fully saturated rings. The molecule has 2 saturated heterocycles. The first-order valence-electron chi connectivity index (χ1n) is 10.3. The molecule has 4 atom stereocenters. The highest BCUT2D eigenvalue weighted by molar-refractivity contribution is 6.74. The first-order valence-corrected chi connectivity index (χ1v) is 13.2. The van der Waals surface area contributed by atoms with Crippen molar-refractivity contribution in [3.05, 3.63) is 35.9 Å². The van der Waals surface area contributed by atoms with Gasteiger partial charge in [0.1, 0.15) is 0 Å². The lowest BCUT2D eigenvalue weighted by atomic mass is 9.88. The van der Waals surface area contributed by atoms with E-state index < -0.39 is 14.3 Å². The van der Waals surface area contributed by atoms with Crippen LogP contribution in [-0.4, -0.2) is 42.5 Å². The quantitative estimate of drug-likeness (QED) is 0.703. The monoisotopic (exact) mass is 389 g/mol. The topological polar surface area (TPSA) is 49.8 Å². The molecule has 1 N–H and O–H groups in total. The van der Waals surface area contributed by atoms with E-state index in [4.69, 9.17) is 4.43 Å². The Labute approximate surface area is 165 Å². The molecule has 2 aliphatic heterocycles. The highest BCUT2D eigenvalue weighted by Gasteiger charge is 2.50. The van der Waals surface area contributed by atoms with Gasteiger partial charge in [-0.25, -0.2) is 0 Å². The van der Waals surface area contributed by atoms with Gasteiger partial charge in [0.15, 0.2) is 8.32 Å². The minimum atomic E-state index is -1.85. The number of piperidine rings is 1. The Kier molecular flexibility index (Phi) is 5.85. The van der Waals surface area contributed by atoms with Crippen LogP contribution in [0.4, 0.5) is 0 Å². The first-order chi connectivity index (χ1) is 12.6. The van der Waals surface area contributed by atoms with Crippen LogP contribution in [0.2, 0.25) is 18.1 Å². The molecule has 2 heterocycles. The van der Waals surface area contributed by atoms with Crippen LogP contribution in [0.15, 0.2) is 30.3 Å². The summed E-state index contributed by atoms with van der Waals surface area (Å²) in [6.07, 6.45) is 3.49.